The molecule has 1 rings (SSSR count). The molecule has 0 fully saturated rings. The number of rotatable bonds is 2. The van der Waals surface area contributed by atoms with Gasteiger partial charge in [-0.2, -0.15) is 0 Å². The van der Waals surface area contributed by atoms with Crippen molar-refractivity contribution in [1.29, 1.82) is 0 Å². The molecule has 0 saturated heterocycles. The molecule has 1 aromatic rings. The average molecular weight is 334 g/mol. The van der Waals surface area contributed by atoms with Crippen molar-refractivity contribution < 1.29 is 26.2 Å². The Morgan fingerprint density at radius 3 is 2.00 bits per heavy atom. The fraction of sp³-hybridized carbons (Fsp3) is 0.400. The summed E-state index contributed by atoms with van der Waals surface area (Å²) in [5.41, 5.74) is 1.20. The Bertz CT molecular complexity index is 208. The minimum absolute atomic E-state index is 0. The first-order chi connectivity index (χ1) is 5.22. The third-order valence-electron chi connectivity index (χ3n) is 2.05. The molecule has 0 radical (unpaired) electrons. The van der Waals surface area contributed by atoms with Crippen LogP contribution in [-0.2, 0) is 21.1 Å². The van der Waals surface area contributed by atoms with Crippen molar-refractivity contribution in [3.8, 4) is 0 Å². The molecule has 2 unspecified atom stereocenters. The molecule has 0 heterocycles. The molecule has 0 amide bonds. The first-order valence-corrected chi connectivity index (χ1v) is 3.95. The van der Waals surface area contributed by atoms with E-state index in [4.69, 9.17) is 0 Å². The second-order valence-electron chi connectivity index (χ2n) is 2.94. The van der Waals surface area contributed by atoms with Gasteiger partial charge in [0.15, 0.2) is 0 Å². The maximum absolute atomic E-state index is 9.27. The predicted molar refractivity (Wildman–Crippen MR) is 46.5 cm³/mol. The summed E-state index contributed by atoms with van der Waals surface area (Å²) in [4.78, 5) is 0. The number of hydrogen-bond donors (Lipinski definition) is 1. The van der Waals surface area contributed by atoms with Gasteiger partial charge in [0, 0.05) is 27.0 Å². The van der Waals surface area contributed by atoms with Crippen LogP contribution in [-0.4, -0.2) is 11.2 Å². The van der Waals surface area contributed by atoms with Crippen LogP contribution in [0.5, 0.6) is 0 Å². The minimum atomic E-state index is -0.266. The van der Waals surface area contributed by atoms with Gasteiger partial charge < -0.3 is 5.11 Å². The third kappa shape index (κ3) is 3.08. The molecule has 0 aromatic heterocycles. The zero-order valence-electron chi connectivity index (χ0n) is 7.40. The molecule has 1 aromatic carbocycles. The topological polar surface area (TPSA) is 20.2 Å². The van der Waals surface area contributed by atoms with Crippen LogP contribution >= 0.6 is 0 Å². The summed E-state index contributed by atoms with van der Waals surface area (Å²) in [6, 6.07) is 10.1. The van der Waals surface area contributed by atoms with Crippen molar-refractivity contribution in [2.24, 2.45) is 0 Å². The Hall–Kier alpha value is -0.132. The van der Waals surface area contributed by atoms with Crippen LogP contribution in [0.1, 0.15) is 25.3 Å². The minimum Gasteiger partial charge on any atom is -0.393 e. The van der Waals surface area contributed by atoms with E-state index in [0.717, 1.165) is 0 Å². The standard InChI is InChI=1S/C10H14O.W/c1-8(9(2)11)10-6-4-3-5-7-10;/h3-9,11H,1-2H3;. The molecule has 1 N–H and O–H groups in total. The molecule has 0 aliphatic heterocycles. The molecule has 2 heteroatoms. The van der Waals surface area contributed by atoms with Crippen molar-refractivity contribution in [2.45, 2.75) is 25.9 Å². The smallest absolute Gasteiger partial charge is 0.0577 e. The molecule has 0 spiro atoms. The van der Waals surface area contributed by atoms with Crippen LogP contribution in [0.4, 0.5) is 0 Å². The molecule has 0 aliphatic rings. The number of aliphatic hydroxyl groups is 1. The van der Waals surface area contributed by atoms with Crippen LogP contribution < -0.4 is 0 Å². The van der Waals surface area contributed by atoms with Crippen molar-refractivity contribution in [3.05, 3.63) is 35.9 Å². The summed E-state index contributed by atoms with van der Waals surface area (Å²) in [5.74, 6) is 0.233. The van der Waals surface area contributed by atoms with Crippen molar-refractivity contribution in [1.82, 2.24) is 0 Å². The van der Waals surface area contributed by atoms with Crippen LogP contribution in [0.25, 0.3) is 0 Å². The van der Waals surface area contributed by atoms with Gasteiger partial charge in [0.05, 0.1) is 6.10 Å². The quantitative estimate of drug-likeness (QED) is 0.879. The van der Waals surface area contributed by atoms with E-state index in [1.165, 1.54) is 5.56 Å². The van der Waals surface area contributed by atoms with Gasteiger partial charge in [-0.3, -0.25) is 0 Å². The van der Waals surface area contributed by atoms with E-state index >= 15 is 0 Å². The van der Waals surface area contributed by atoms with E-state index in [2.05, 4.69) is 0 Å². The number of hydrogen-bond acceptors (Lipinski definition) is 1. The SMILES string of the molecule is CC(O)C(C)c1ccccc1.[W]. The number of aliphatic hydroxyl groups excluding tert-OH is 1. The Labute approximate surface area is 88.1 Å². The Kier molecular flexibility index (Phi) is 5.44. The van der Waals surface area contributed by atoms with Crippen LogP contribution in [0.15, 0.2) is 30.3 Å². The Morgan fingerprint density at radius 1 is 1.08 bits per heavy atom. The van der Waals surface area contributed by atoms with Crippen LogP contribution in [0, 0.1) is 0 Å². The summed E-state index contributed by atoms with van der Waals surface area (Å²) in [5, 5.41) is 9.27. The van der Waals surface area contributed by atoms with Gasteiger partial charge in [0.1, 0.15) is 0 Å². The summed E-state index contributed by atoms with van der Waals surface area (Å²) in [6.07, 6.45) is -0.266. The summed E-state index contributed by atoms with van der Waals surface area (Å²) >= 11 is 0. The monoisotopic (exact) mass is 334 g/mol. The van der Waals surface area contributed by atoms with Crippen LogP contribution in [0.2, 0.25) is 0 Å². The molecule has 12 heavy (non-hydrogen) atoms. The van der Waals surface area contributed by atoms with Gasteiger partial charge in [-0.05, 0) is 12.5 Å². The molecular weight excluding hydrogens is 320 g/mol. The predicted octanol–water partition coefficient (Wildman–Crippen LogP) is 2.17. The Morgan fingerprint density at radius 2 is 1.58 bits per heavy atom. The molecule has 0 bridgehead atoms. The van der Waals surface area contributed by atoms with E-state index in [9.17, 15) is 5.11 Å². The van der Waals surface area contributed by atoms with E-state index < -0.39 is 0 Å². The normalized spacial score (nSPS) is 14.6. The number of benzene rings is 1. The van der Waals surface area contributed by atoms with Gasteiger partial charge in [-0.25, -0.2) is 0 Å². The molecule has 1 nitrogen and oxygen atoms in total. The fourth-order valence-corrected chi connectivity index (χ4v) is 1.04. The molecule has 0 saturated carbocycles. The first-order valence-electron chi connectivity index (χ1n) is 3.95. The maximum Gasteiger partial charge on any atom is 0.0577 e. The van der Waals surface area contributed by atoms with Gasteiger partial charge in [-0.1, -0.05) is 37.3 Å². The van der Waals surface area contributed by atoms with E-state index in [1.54, 1.807) is 0 Å². The zero-order chi connectivity index (χ0) is 8.27. The van der Waals surface area contributed by atoms with Gasteiger partial charge in [0.2, 0.25) is 0 Å². The largest absolute Gasteiger partial charge is 0.393 e. The van der Waals surface area contributed by atoms with Gasteiger partial charge >= 0.3 is 0 Å². The second-order valence-corrected chi connectivity index (χ2v) is 2.94. The zero-order valence-corrected chi connectivity index (χ0v) is 10.3. The molecule has 0 aliphatic carbocycles. The summed E-state index contributed by atoms with van der Waals surface area (Å²) < 4.78 is 0. The van der Waals surface area contributed by atoms with E-state index in [-0.39, 0.29) is 33.1 Å². The molecule has 2 atom stereocenters. The van der Waals surface area contributed by atoms with Crippen molar-refractivity contribution in [3.63, 3.8) is 0 Å². The van der Waals surface area contributed by atoms with Crippen molar-refractivity contribution in [2.75, 3.05) is 0 Å². The molecular formula is C10H14OW. The van der Waals surface area contributed by atoms with Crippen LogP contribution in [0.3, 0.4) is 0 Å². The Balaban J connectivity index is 0.00000121. The average Bonchev–Trinajstić information content (AvgIpc) is 2.05. The van der Waals surface area contributed by atoms with Gasteiger partial charge in [0.25, 0.3) is 0 Å². The summed E-state index contributed by atoms with van der Waals surface area (Å²) in [6.45, 7) is 3.84. The summed E-state index contributed by atoms with van der Waals surface area (Å²) in [7, 11) is 0. The van der Waals surface area contributed by atoms with E-state index in [1.807, 2.05) is 44.2 Å². The first kappa shape index (κ1) is 11.9. The van der Waals surface area contributed by atoms with Crippen molar-refractivity contribution >= 4 is 0 Å². The van der Waals surface area contributed by atoms with Gasteiger partial charge in [-0.15, -0.1) is 0 Å². The molecule has 66 valence electrons. The fourth-order valence-electron chi connectivity index (χ4n) is 1.04. The third-order valence-corrected chi connectivity index (χ3v) is 2.05. The maximum atomic E-state index is 9.27. The van der Waals surface area contributed by atoms with E-state index in [0.29, 0.717) is 0 Å². The second kappa shape index (κ2) is 5.50.